The Morgan fingerprint density at radius 3 is 2.67 bits per heavy atom. The van der Waals surface area contributed by atoms with Gasteiger partial charge in [-0.15, -0.1) is 0 Å². The van der Waals surface area contributed by atoms with E-state index in [0.29, 0.717) is 23.0 Å². The molecule has 0 saturated heterocycles. The molecule has 4 rings (SSSR count). The Balaban J connectivity index is 1.42. The fourth-order valence-corrected chi connectivity index (χ4v) is 2.88. The minimum absolute atomic E-state index is 0.112. The van der Waals surface area contributed by atoms with Crippen LogP contribution in [0.2, 0.25) is 0 Å². The summed E-state index contributed by atoms with van der Waals surface area (Å²) in [5.41, 5.74) is 0.342. The molecule has 0 amide bonds. The zero-order chi connectivity index (χ0) is 18.6. The standard InChI is InChI=1S/C22H16FNO3/c23-18-10-4-3-9-17(18)20-14-24-21(26-20)12-13-22(25)27-19-11-5-7-15-6-1-2-8-16(15)19/h1-11,14H,12-13H2. The minimum Gasteiger partial charge on any atom is -0.441 e. The van der Waals surface area contributed by atoms with Gasteiger partial charge in [-0.3, -0.25) is 4.79 Å². The third-order valence-corrected chi connectivity index (χ3v) is 4.21. The zero-order valence-electron chi connectivity index (χ0n) is 14.4. The molecule has 4 aromatic rings. The lowest BCUT2D eigenvalue weighted by molar-refractivity contribution is -0.134. The highest BCUT2D eigenvalue weighted by Gasteiger charge is 2.13. The quantitative estimate of drug-likeness (QED) is 0.363. The first-order chi connectivity index (χ1) is 13.2. The van der Waals surface area contributed by atoms with Gasteiger partial charge in [0.1, 0.15) is 11.6 Å². The van der Waals surface area contributed by atoms with Crippen LogP contribution >= 0.6 is 0 Å². The first kappa shape index (κ1) is 17.0. The number of aryl methyl sites for hydroxylation is 1. The van der Waals surface area contributed by atoms with E-state index in [-0.39, 0.29) is 24.6 Å². The largest absolute Gasteiger partial charge is 0.441 e. The molecule has 0 aliphatic rings. The van der Waals surface area contributed by atoms with Gasteiger partial charge in [-0.25, -0.2) is 9.37 Å². The molecule has 0 spiro atoms. The summed E-state index contributed by atoms with van der Waals surface area (Å²) in [6.07, 6.45) is 1.85. The van der Waals surface area contributed by atoms with E-state index in [0.717, 1.165) is 10.8 Å². The zero-order valence-corrected chi connectivity index (χ0v) is 14.4. The number of benzene rings is 3. The van der Waals surface area contributed by atoms with E-state index in [1.165, 1.54) is 12.3 Å². The summed E-state index contributed by atoms with van der Waals surface area (Å²) in [5.74, 6) is 0.471. The third kappa shape index (κ3) is 3.72. The summed E-state index contributed by atoms with van der Waals surface area (Å²) in [5, 5.41) is 1.89. The van der Waals surface area contributed by atoms with Gasteiger partial charge in [-0.05, 0) is 23.6 Å². The fraction of sp³-hybridized carbons (Fsp3) is 0.0909. The number of fused-ring (bicyclic) bond motifs is 1. The summed E-state index contributed by atoms with van der Waals surface area (Å²) in [4.78, 5) is 16.3. The van der Waals surface area contributed by atoms with Gasteiger partial charge in [0.2, 0.25) is 0 Å². The van der Waals surface area contributed by atoms with Crippen molar-refractivity contribution in [1.82, 2.24) is 4.98 Å². The molecule has 3 aromatic carbocycles. The molecular weight excluding hydrogens is 345 g/mol. The fourth-order valence-electron chi connectivity index (χ4n) is 2.88. The van der Waals surface area contributed by atoms with Crippen molar-refractivity contribution in [3.05, 3.63) is 84.6 Å². The summed E-state index contributed by atoms with van der Waals surface area (Å²) in [6.45, 7) is 0. The number of rotatable bonds is 5. The maximum atomic E-state index is 13.8. The number of carbonyl (C=O) groups is 1. The molecule has 0 radical (unpaired) electrons. The van der Waals surface area contributed by atoms with E-state index in [9.17, 15) is 9.18 Å². The third-order valence-electron chi connectivity index (χ3n) is 4.21. The van der Waals surface area contributed by atoms with Crippen molar-refractivity contribution in [1.29, 1.82) is 0 Å². The molecule has 4 nitrogen and oxygen atoms in total. The summed E-state index contributed by atoms with van der Waals surface area (Å²) in [6, 6.07) is 19.6. The summed E-state index contributed by atoms with van der Waals surface area (Å²) in [7, 11) is 0. The molecule has 0 aliphatic carbocycles. The van der Waals surface area contributed by atoms with Gasteiger partial charge in [0.25, 0.3) is 0 Å². The number of hydrogen-bond donors (Lipinski definition) is 0. The number of aromatic nitrogens is 1. The Morgan fingerprint density at radius 2 is 1.78 bits per heavy atom. The van der Waals surface area contributed by atoms with Crippen molar-refractivity contribution in [2.24, 2.45) is 0 Å². The van der Waals surface area contributed by atoms with E-state index < -0.39 is 0 Å². The highest BCUT2D eigenvalue weighted by atomic mass is 19.1. The van der Waals surface area contributed by atoms with E-state index >= 15 is 0 Å². The van der Waals surface area contributed by atoms with E-state index in [1.54, 1.807) is 24.3 Å². The topological polar surface area (TPSA) is 52.3 Å². The van der Waals surface area contributed by atoms with Crippen LogP contribution in [0.25, 0.3) is 22.1 Å². The molecular formula is C22H16FNO3. The smallest absolute Gasteiger partial charge is 0.311 e. The van der Waals surface area contributed by atoms with Crippen LogP contribution in [0.5, 0.6) is 5.75 Å². The maximum absolute atomic E-state index is 13.8. The molecule has 27 heavy (non-hydrogen) atoms. The van der Waals surface area contributed by atoms with E-state index in [4.69, 9.17) is 9.15 Å². The molecule has 134 valence electrons. The van der Waals surface area contributed by atoms with Gasteiger partial charge in [0, 0.05) is 11.8 Å². The van der Waals surface area contributed by atoms with Crippen LogP contribution in [0.4, 0.5) is 4.39 Å². The first-order valence-corrected chi connectivity index (χ1v) is 8.59. The highest BCUT2D eigenvalue weighted by Crippen LogP contribution is 2.26. The van der Waals surface area contributed by atoms with Crippen molar-refractivity contribution < 1.29 is 18.3 Å². The average Bonchev–Trinajstić information content (AvgIpc) is 3.16. The van der Waals surface area contributed by atoms with Crippen LogP contribution < -0.4 is 4.74 Å². The van der Waals surface area contributed by atoms with Gasteiger partial charge in [-0.1, -0.05) is 48.5 Å². The Morgan fingerprint density at radius 1 is 1.00 bits per heavy atom. The number of carbonyl (C=O) groups excluding carboxylic acids is 1. The molecule has 0 fully saturated rings. The molecule has 0 aliphatic heterocycles. The summed E-state index contributed by atoms with van der Waals surface area (Å²) >= 11 is 0. The van der Waals surface area contributed by atoms with Crippen LogP contribution in [0, 0.1) is 5.82 Å². The first-order valence-electron chi connectivity index (χ1n) is 8.59. The van der Waals surface area contributed by atoms with E-state index in [2.05, 4.69) is 4.98 Å². The Bertz CT molecular complexity index is 1100. The number of oxazole rings is 1. The Labute approximate surface area is 155 Å². The lowest BCUT2D eigenvalue weighted by atomic mass is 10.1. The lowest BCUT2D eigenvalue weighted by Crippen LogP contribution is -2.09. The van der Waals surface area contributed by atoms with Crippen molar-refractivity contribution in [2.75, 3.05) is 0 Å². The van der Waals surface area contributed by atoms with Crippen LogP contribution in [0.15, 0.2) is 77.3 Å². The normalized spacial score (nSPS) is 10.9. The van der Waals surface area contributed by atoms with Crippen molar-refractivity contribution in [3.8, 4) is 17.1 Å². The predicted molar refractivity (Wildman–Crippen MR) is 99.8 cm³/mol. The highest BCUT2D eigenvalue weighted by molar-refractivity contribution is 5.90. The van der Waals surface area contributed by atoms with Gasteiger partial charge in [-0.2, -0.15) is 0 Å². The number of halogens is 1. The number of hydrogen-bond acceptors (Lipinski definition) is 4. The van der Waals surface area contributed by atoms with Gasteiger partial charge < -0.3 is 9.15 Å². The number of ether oxygens (including phenoxy) is 1. The second kappa shape index (κ2) is 7.41. The molecule has 5 heteroatoms. The van der Waals surface area contributed by atoms with Crippen molar-refractivity contribution in [3.63, 3.8) is 0 Å². The summed E-state index contributed by atoms with van der Waals surface area (Å²) < 4.78 is 24.9. The van der Waals surface area contributed by atoms with Crippen LogP contribution in [-0.4, -0.2) is 11.0 Å². The monoisotopic (exact) mass is 361 g/mol. The Kier molecular flexibility index (Phi) is 4.66. The maximum Gasteiger partial charge on any atom is 0.311 e. The van der Waals surface area contributed by atoms with Crippen LogP contribution in [-0.2, 0) is 11.2 Å². The second-order valence-electron chi connectivity index (χ2n) is 6.05. The average molecular weight is 361 g/mol. The molecule has 0 bridgehead atoms. The Hall–Kier alpha value is -3.47. The van der Waals surface area contributed by atoms with Crippen LogP contribution in [0.1, 0.15) is 12.3 Å². The van der Waals surface area contributed by atoms with Gasteiger partial charge >= 0.3 is 5.97 Å². The van der Waals surface area contributed by atoms with Crippen LogP contribution in [0.3, 0.4) is 0 Å². The molecule has 0 N–H and O–H groups in total. The van der Waals surface area contributed by atoms with Crippen molar-refractivity contribution in [2.45, 2.75) is 12.8 Å². The molecule has 0 atom stereocenters. The molecule has 0 saturated carbocycles. The molecule has 0 unspecified atom stereocenters. The van der Waals surface area contributed by atoms with E-state index in [1.807, 2.05) is 36.4 Å². The predicted octanol–water partition coefficient (Wildman–Crippen LogP) is 5.17. The van der Waals surface area contributed by atoms with Gasteiger partial charge in [0.05, 0.1) is 18.2 Å². The van der Waals surface area contributed by atoms with Gasteiger partial charge in [0.15, 0.2) is 11.7 Å². The SMILES string of the molecule is O=C(CCc1ncc(-c2ccccc2F)o1)Oc1cccc2ccccc12. The second-order valence-corrected chi connectivity index (χ2v) is 6.05. The number of esters is 1. The lowest BCUT2D eigenvalue weighted by Gasteiger charge is -2.07. The minimum atomic E-state index is -0.379. The van der Waals surface area contributed by atoms with Crippen molar-refractivity contribution >= 4 is 16.7 Å². The molecule has 1 aromatic heterocycles. The number of nitrogens with zero attached hydrogens (tertiary/aromatic N) is 1. The molecule has 1 heterocycles.